The molecule has 1 heterocycles. The number of nitriles is 1. The lowest BCUT2D eigenvalue weighted by Crippen LogP contribution is -1.92. The molecule has 0 bridgehead atoms. The van der Waals surface area contributed by atoms with Crippen molar-refractivity contribution in [3.05, 3.63) is 69.9 Å². The zero-order valence-corrected chi connectivity index (χ0v) is 15.2. The fourth-order valence-corrected chi connectivity index (χ4v) is 3.15. The van der Waals surface area contributed by atoms with Gasteiger partial charge in [-0.25, -0.2) is 9.37 Å². The molecule has 0 aliphatic carbocycles. The molecule has 0 fully saturated rings. The summed E-state index contributed by atoms with van der Waals surface area (Å²) in [6, 6.07) is 13.9. The van der Waals surface area contributed by atoms with Crippen molar-refractivity contribution in [2.45, 2.75) is 0 Å². The maximum absolute atomic E-state index is 13.2. The summed E-state index contributed by atoms with van der Waals surface area (Å²) in [5.74, 6) is 0.273. The van der Waals surface area contributed by atoms with Crippen molar-refractivity contribution in [2.75, 3.05) is 12.4 Å². The van der Waals surface area contributed by atoms with Crippen LogP contribution in [0.5, 0.6) is 5.75 Å². The summed E-state index contributed by atoms with van der Waals surface area (Å²) >= 11 is 7.12. The largest absolute Gasteiger partial charge is 0.497 e. The molecule has 7 heteroatoms. The zero-order valence-electron chi connectivity index (χ0n) is 13.7. The van der Waals surface area contributed by atoms with Gasteiger partial charge in [-0.1, -0.05) is 11.6 Å². The molecule has 130 valence electrons. The van der Waals surface area contributed by atoms with Gasteiger partial charge in [0.1, 0.15) is 28.2 Å². The first kappa shape index (κ1) is 17.9. The minimum absolute atomic E-state index is 0.0120. The number of allylic oxidation sites excluding steroid dienone is 1. The number of halogens is 2. The summed E-state index contributed by atoms with van der Waals surface area (Å²) in [5, 5.41) is 14.8. The second-order valence-electron chi connectivity index (χ2n) is 5.21. The summed E-state index contributed by atoms with van der Waals surface area (Å²) in [7, 11) is 1.61. The Morgan fingerprint density at radius 3 is 2.73 bits per heavy atom. The smallest absolute Gasteiger partial charge is 0.141 e. The average Bonchev–Trinajstić information content (AvgIpc) is 3.15. The number of nitrogens with zero attached hydrogens (tertiary/aromatic N) is 2. The van der Waals surface area contributed by atoms with Gasteiger partial charge >= 0.3 is 0 Å². The van der Waals surface area contributed by atoms with Gasteiger partial charge in [0.2, 0.25) is 0 Å². The fourth-order valence-electron chi connectivity index (χ4n) is 2.18. The van der Waals surface area contributed by atoms with E-state index in [1.807, 2.05) is 29.6 Å². The van der Waals surface area contributed by atoms with Crippen LogP contribution in [0.4, 0.5) is 10.1 Å². The molecule has 0 amide bonds. The summed E-state index contributed by atoms with van der Waals surface area (Å²) in [5.41, 5.74) is 2.66. The summed E-state index contributed by atoms with van der Waals surface area (Å²) in [6.07, 6.45) is 1.53. The number of benzene rings is 2. The Labute approximate surface area is 159 Å². The number of nitrogens with one attached hydrogen (secondary N) is 1. The monoisotopic (exact) mass is 385 g/mol. The van der Waals surface area contributed by atoms with E-state index in [9.17, 15) is 9.65 Å². The van der Waals surface area contributed by atoms with Gasteiger partial charge in [-0.05, 0) is 42.5 Å². The van der Waals surface area contributed by atoms with Crippen molar-refractivity contribution in [1.29, 1.82) is 5.26 Å². The zero-order chi connectivity index (χ0) is 18.5. The predicted molar refractivity (Wildman–Crippen MR) is 103 cm³/mol. The van der Waals surface area contributed by atoms with Crippen LogP contribution < -0.4 is 10.1 Å². The van der Waals surface area contributed by atoms with Gasteiger partial charge in [-0.3, -0.25) is 0 Å². The standard InChI is InChI=1S/C19H13ClFN3OS/c1-25-15-5-2-12(3-6-15)18-11-26-19(24-18)13(9-22)10-23-14-4-7-17(21)16(20)8-14/h2-8,10-11,23H,1H3/b13-10-. The summed E-state index contributed by atoms with van der Waals surface area (Å²) in [6.45, 7) is 0. The molecule has 1 aromatic heterocycles. The lowest BCUT2D eigenvalue weighted by atomic mass is 10.2. The first-order valence-corrected chi connectivity index (χ1v) is 8.78. The topological polar surface area (TPSA) is 57.9 Å². The normalized spacial score (nSPS) is 11.1. The molecule has 0 unspecified atom stereocenters. The molecule has 1 N–H and O–H groups in total. The first-order chi connectivity index (χ1) is 12.6. The Bertz CT molecular complexity index is 993. The van der Waals surface area contributed by atoms with Crippen LogP contribution in [0.25, 0.3) is 16.8 Å². The van der Waals surface area contributed by atoms with Gasteiger partial charge < -0.3 is 10.1 Å². The van der Waals surface area contributed by atoms with E-state index in [1.165, 1.54) is 35.7 Å². The molecule has 4 nitrogen and oxygen atoms in total. The van der Waals surface area contributed by atoms with E-state index >= 15 is 0 Å². The number of aromatic nitrogens is 1. The van der Waals surface area contributed by atoms with Gasteiger partial charge in [0, 0.05) is 22.8 Å². The van der Waals surface area contributed by atoms with Crippen molar-refractivity contribution >= 4 is 34.2 Å². The highest BCUT2D eigenvalue weighted by atomic mass is 35.5. The van der Waals surface area contributed by atoms with Crippen LogP contribution >= 0.6 is 22.9 Å². The number of hydrogen-bond acceptors (Lipinski definition) is 5. The molecule has 2 aromatic carbocycles. The number of rotatable bonds is 5. The Morgan fingerprint density at radius 2 is 2.08 bits per heavy atom. The molecule has 0 aliphatic heterocycles. The minimum atomic E-state index is -0.495. The number of hydrogen-bond donors (Lipinski definition) is 1. The van der Waals surface area contributed by atoms with Crippen molar-refractivity contribution in [3.8, 4) is 23.1 Å². The van der Waals surface area contributed by atoms with Crippen LogP contribution in [0.1, 0.15) is 5.01 Å². The van der Waals surface area contributed by atoms with E-state index in [2.05, 4.69) is 16.4 Å². The van der Waals surface area contributed by atoms with Crippen LogP contribution in [0, 0.1) is 17.1 Å². The maximum Gasteiger partial charge on any atom is 0.141 e. The van der Waals surface area contributed by atoms with Crippen LogP contribution in [-0.2, 0) is 0 Å². The molecule has 0 atom stereocenters. The van der Waals surface area contributed by atoms with Gasteiger partial charge in [-0.2, -0.15) is 5.26 Å². The SMILES string of the molecule is COc1ccc(-c2csc(/C(C#N)=C\Nc3ccc(F)c(Cl)c3)n2)cc1. The Morgan fingerprint density at radius 1 is 1.31 bits per heavy atom. The number of methoxy groups -OCH3 is 1. The van der Waals surface area contributed by atoms with Crippen molar-refractivity contribution in [2.24, 2.45) is 0 Å². The number of thiazole rings is 1. The van der Waals surface area contributed by atoms with E-state index in [1.54, 1.807) is 7.11 Å². The third-order valence-electron chi connectivity index (χ3n) is 3.54. The molecule has 0 saturated heterocycles. The lowest BCUT2D eigenvalue weighted by molar-refractivity contribution is 0.415. The van der Waals surface area contributed by atoms with Crippen molar-refractivity contribution < 1.29 is 9.13 Å². The fraction of sp³-hybridized carbons (Fsp3) is 0.0526. The highest BCUT2D eigenvalue weighted by Crippen LogP contribution is 2.27. The molecule has 3 aromatic rings. The molecule has 3 rings (SSSR count). The Kier molecular flexibility index (Phi) is 5.52. The van der Waals surface area contributed by atoms with E-state index in [-0.39, 0.29) is 5.02 Å². The van der Waals surface area contributed by atoms with Gasteiger partial charge in [0.05, 0.1) is 17.8 Å². The summed E-state index contributed by atoms with van der Waals surface area (Å²) in [4.78, 5) is 4.51. The third-order valence-corrected chi connectivity index (χ3v) is 4.71. The molecule has 0 radical (unpaired) electrons. The molecular weight excluding hydrogens is 373 g/mol. The molecule has 0 saturated carbocycles. The molecular formula is C19H13ClFN3OS. The van der Waals surface area contributed by atoms with Crippen LogP contribution in [0.15, 0.2) is 54.0 Å². The van der Waals surface area contributed by atoms with E-state index in [0.29, 0.717) is 16.3 Å². The van der Waals surface area contributed by atoms with Gasteiger partial charge in [-0.15, -0.1) is 11.3 Å². The van der Waals surface area contributed by atoms with Crippen molar-refractivity contribution in [1.82, 2.24) is 4.98 Å². The van der Waals surface area contributed by atoms with Crippen LogP contribution in [-0.4, -0.2) is 12.1 Å². The average molecular weight is 386 g/mol. The highest BCUT2D eigenvalue weighted by molar-refractivity contribution is 7.11. The lowest BCUT2D eigenvalue weighted by Gasteiger charge is -2.03. The quantitative estimate of drug-likeness (QED) is 0.582. The summed E-state index contributed by atoms with van der Waals surface area (Å²) < 4.78 is 18.3. The van der Waals surface area contributed by atoms with E-state index in [0.717, 1.165) is 17.0 Å². The van der Waals surface area contributed by atoms with Crippen LogP contribution in [0.2, 0.25) is 5.02 Å². The molecule has 0 spiro atoms. The Balaban J connectivity index is 1.81. The van der Waals surface area contributed by atoms with Crippen molar-refractivity contribution in [3.63, 3.8) is 0 Å². The maximum atomic E-state index is 13.2. The third kappa shape index (κ3) is 4.02. The first-order valence-electron chi connectivity index (χ1n) is 7.53. The highest BCUT2D eigenvalue weighted by Gasteiger charge is 2.09. The molecule has 0 aliphatic rings. The van der Waals surface area contributed by atoms with Gasteiger partial charge in [0.15, 0.2) is 0 Å². The second kappa shape index (κ2) is 8.00. The number of ether oxygens (including phenoxy) is 1. The molecule has 26 heavy (non-hydrogen) atoms. The van der Waals surface area contributed by atoms with E-state index < -0.39 is 5.82 Å². The minimum Gasteiger partial charge on any atom is -0.497 e. The van der Waals surface area contributed by atoms with Crippen LogP contribution in [0.3, 0.4) is 0 Å². The number of anilines is 1. The Hall–Kier alpha value is -2.88. The second-order valence-corrected chi connectivity index (χ2v) is 6.47. The van der Waals surface area contributed by atoms with E-state index in [4.69, 9.17) is 16.3 Å². The predicted octanol–water partition coefficient (Wildman–Crippen LogP) is 5.59. The van der Waals surface area contributed by atoms with Gasteiger partial charge in [0.25, 0.3) is 0 Å².